The molecular formula is C11H20N4OS. The predicted molar refractivity (Wildman–Crippen MR) is 68.9 cm³/mol. The van der Waals surface area contributed by atoms with Crippen molar-refractivity contribution in [3.8, 4) is 0 Å². The molecule has 0 aromatic carbocycles. The van der Waals surface area contributed by atoms with Gasteiger partial charge in [-0.3, -0.25) is 0 Å². The first-order valence-electron chi connectivity index (χ1n) is 6.06. The third-order valence-corrected chi connectivity index (χ3v) is 4.56. The van der Waals surface area contributed by atoms with Gasteiger partial charge >= 0.3 is 0 Å². The van der Waals surface area contributed by atoms with Gasteiger partial charge in [-0.05, 0) is 25.5 Å². The number of nitrogens with one attached hydrogen (secondary N) is 1. The molecule has 0 spiro atoms. The topological polar surface area (TPSA) is 63.0 Å². The van der Waals surface area contributed by atoms with Crippen LogP contribution in [0.2, 0.25) is 0 Å². The van der Waals surface area contributed by atoms with E-state index in [0.29, 0.717) is 11.3 Å². The lowest BCUT2D eigenvalue weighted by atomic mass is 10.1. The maximum atomic E-state index is 8.78. The van der Waals surface area contributed by atoms with E-state index in [9.17, 15) is 0 Å². The molecule has 6 heteroatoms. The molecular weight excluding hydrogens is 236 g/mol. The number of rotatable bonds is 6. The van der Waals surface area contributed by atoms with E-state index in [4.69, 9.17) is 5.11 Å². The summed E-state index contributed by atoms with van der Waals surface area (Å²) in [6, 6.07) is 0. The summed E-state index contributed by atoms with van der Waals surface area (Å²) in [7, 11) is 0. The Morgan fingerprint density at radius 1 is 1.65 bits per heavy atom. The Morgan fingerprint density at radius 2 is 2.53 bits per heavy atom. The summed E-state index contributed by atoms with van der Waals surface area (Å²) in [5.74, 6) is 1.28. The number of thioether (sulfide) groups is 1. The Hall–Kier alpha value is -0.590. The highest BCUT2D eigenvalue weighted by molar-refractivity contribution is 8.00. The van der Waals surface area contributed by atoms with Crippen LogP contribution in [0.3, 0.4) is 0 Å². The van der Waals surface area contributed by atoms with Gasteiger partial charge in [0.15, 0.2) is 0 Å². The van der Waals surface area contributed by atoms with Gasteiger partial charge in [-0.1, -0.05) is 5.21 Å². The first-order chi connectivity index (χ1) is 8.22. The number of aliphatic hydroxyl groups excluding tert-OH is 1. The number of hydrogen-bond donors (Lipinski definition) is 2. The second-order valence-corrected chi connectivity index (χ2v) is 6.38. The largest absolute Gasteiger partial charge is 0.394 e. The van der Waals surface area contributed by atoms with Crippen molar-refractivity contribution >= 4 is 11.8 Å². The molecule has 1 unspecified atom stereocenters. The third kappa shape index (κ3) is 3.69. The predicted octanol–water partition coefficient (Wildman–Crippen LogP) is 0.646. The molecule has 0 aliphatic carbocycles. The summed E-state index contributed by atoms with van der Waals surface area (Å²) in [6.45, 7) is 4.71. The molecule has 17 heavy (non-hydrogen) atoms. The molecule has 96 valence electrons. The van der Waals surface area contributed by atoms with Crippen molar-refractivity contribution in [1.82, 2.24) is 20.3 Å². The number of aromatic nitrogens is 3. The van der Waals surface area contributed by atoms with Crippen LogP contribution < -0.4 is 5.32 Å². The van der Waals surface area contributed by atoms with Crippen LogP contribution in [0.1, 0.15) is 25.5 Å². The Morgan fingerprint density at radius 3 is 3.24 bits per heavy atom. The lowest BCUT2D eigenvalue weighted by Gasteiger charge is -2.22. The highest BCUT2D eigenvalue weighted by Gasteiger charge is 2.28. The smallest absolute Gasteiger partial charge is 0.0964 e. The van der Waals surface area contributed by atoms with Crippen molar-refractivity contribution in [3.63, 3.8) is 0 Å². The summed E-state index contributed by atoms with van der Waals surface area (Å²) in [5, 5.41) is 20.2. The molecule has 0 saturated carbocycles. The van der Waals surface area contributed by atoms with Crippen LogP contribution in [0, 0.1) is 0 Å². The molecule has 1 atom stereocenters. The van der Waals surface area contributed by atoms with E-state index >= 15 is 0 Å². The molecule has 1 aliphatic heterocycles. The molecule has 1 aromatic heterocycles. The maximum absolute atomic E-state index is 8.78. The molecule has 1 fully saturated rings. The third-order valence-electron chi connectivity index (χ3n) is 3.02. The Bertz CT molecular complexity index is 349. The molecule has 1 aliphatic rings. The fourth-order valence-corrected chi connectivity index (χ4v) is 3.34. The maximum Gasteiger partial charge on any atom is 0.0964 e. The summed E-state index contributed by atoms with van der Waals surface area (Å²) >= 11 is 2.06. The molecule has 1 saturated heterocycles. The van der Waals surface area contributed by atoms with E-state index in [1.54, 1.807) is 4.68 Å². The standard InChI is InChI=1S/C11H20N4OS/c1-11(3-2-6-17-11)9-12-7-10-8-15(4-5-16)14-13-10/h8,12,16H,2-7,9H2,1H3. The first-order valence-corrected chi connectivity index (χ1v) is 7.05. The van der Waals surface area contributed by atoms with Gasteiger partial charge in [-0.2, -0.15) is 11.8 Å². The van der Waals surface area contributed by atoms with Crippen LogP contribution in [0.4, 0.5) is 0 Å². The average Bonchev–Trinajstić information content (AvgIpc) is 2.90. The molecule has 2 N–H and O–H groups in total. The minimum Gasteiger partial charge on any atom is -0.394 e. The van der Waals surface area contributed by atoms with Gasteiger partial charge in [0.05, 0.1) is 18.8 Å². The van der Waals surface area contributed by atoms with Crippen LogP contribution in [0.5, 0.6) is 0 Å². The van der Waals surface area contributed by atoms with Gasteiger partial charge in [0.25, 0.3) is 0 Å². The summed E-state index contributed by atoms with van der Waals surface area (Å²) in [5.41, 5.74) is 0.935. The minimum absolute atomic E-state index is 0.102. The normalized spacial score (nSPS) is 24.4. The lowest BCUT2D eigenvalue weighted by Crippen LogP contribution is -2.32. The number of hydrogen-bond acceptors (Lipinski definition) is 5. The van der Waals surface area contributed by atoms with E-state index in [-0.39, 0.29) is 6.61 Å². The molecule has 1 aromatic rings. The zero-order valence-corrected chi connectivity index (χ0v) is 11.0. The van der Waals surface area contributed by atoms with Crippen molar-refractivity contribution in [1.29, 1.82) is 0 Å². The van der Waals surface area contributed by atoms with Crippen LogP contribution >= 0.6 is 11.8 Å². The van der Waals surface area contributed by atoms with E-state index in [1.165, 1.54) is 18.6 Å². The van der Waals surface area contributed by atoms with Crippen LogP contribution in [0.25, 0.3) is 0 Å². The zero-order valence-electron chi connectivity index (χ0n) is 10.2. The fraction of sp³-hybridized carbons (Fsp3) is 0.818. The van der Waals surface area contributed by atoms with Gasteiger partial charge in [-0.15, -0.1) is 5.10 Å². The summed E-state index contributed by atoms with van der Waals surface area (Å²) in [6.07, 6.45) is 4.50. The molecule has 0 amide bonds. The Kier molecular flexibility index (Phi) is 4.42. The molecule has 2 rings (SSSR count). The molecule has 0 bridgehead atoms. The van der Waals surface area contributed by atoms with Gasteiger partial charge in [0, 0.05) is 24.0 Å². The molecule has 2 heterocycles. The lowest BCUT2D eigenvalue weighted by molar-refractivity contribution is 0.268. The minimum atomic E-state index is 0.102. The van der Waals surface area contributed by atoms with E-state index in [2.05, 4.69) is 34.3 Å². The Balaban J connectivity index is 1.73. The highest BCUT2D eigenvalue weighted by atomic mass is 32.2. The van der Waals surface area contributed by atoms with Gasteiger partial charge in [0.2, 0.25) is 0 Å². The van der Waals surface area contributed by atoms with Crippen molar-refractivity contribution < 1.29 is 5.11 Å². The van der Waals surface area contributed by atoms with Crippen molar-refractivity contribution in [2.24, 2.45) is 0 Å². The van der Waals surface area contributed by atoms with Gasteiger partial charge in [0.1, 0.15) is 0 Å². The monoisotopic (exact) mass is 256 g/mol. The number of aliphatic hydroxyl groups is 1. The highest BCUT2D eigenvalue weighted by Crippen LogP contribution is 2.36. The second-order valence-electron chi connectivity index (χ2n) is 4.70. The van der Waals surface area contributed by atoms with E-state index in [1.807, 2.05) is 6.20 Å². The van der Waals surface area contributed by atoms with Crippen LogP contribution in [0.15, 0.2) is 6.20 Å². The van der Waals surface area contributed by atoms with Gasteiger partial charge < -0.3 is 10.4 Å². The van der Waals surface area contributed by atoms with E-state index < -0.39 is 0 Å². The van der Waals surface area contributed by atoms with Crippen LogP contribution in [-0.4, -0.2) is 43.8 Å². The van der Waals surface area contributed by atoms with Crippen molar-refractivity contribution in [2.75, 3.05) is 18.9 Å². The average molecular weight is 256 g/mol. The van der Waals surface area contributed by atoms with E-state index in [0.717, 1.165) is 18.8 Å². The first kappa shape index (κ1) is 12.9. The van der Waals surface area contributed by atoms with Gasteiger partial charge in [-0.25, -0.2) is 4.68 Å². The number of nitrogens with zero attached hydrogens (tertiary/aromatic N) is 3. The van der Waals surface area contributed by atoms with Crippen molar-refractivity contribution in [2.45, 2.75) is 37.6 Å². The Labute approximate surface area is 106 Å². The second kappa shape index (κ2) is 5.84. The summed E-state index contributed by atoms with van der Waals surface area (Å²) in [4.78, 5) is 0. The summed E-state index contributed by atoms with van der Waals surface area (Å²) < 4.78 is 2.06. The molecule has 0 radical (unpaired) electrons. The van der Waals surface area contributed by atoms with Crippen molar-refractivity contribution in [3.05, 3.63) is 11.9 Å². The van der Waals surface area contributed by atoms with Crippen LogP contribution in [-0.2, 0) is 13.1 Å². The SMILES string of the molecule is CC1(CNCc2cn(CCO)nn2)CCCS1. The fourth-order valence-electron chi connectivity index (χ4n) is 2.06. The molecule has 5 nitrogen and oxygen atoms in total. The zero-order chi connectivity index (χ0) is 12.1. The quantitative estimate of drug-likeness (QED) is 0.782.